The van der Waals surface area contributed by atoms with E-state index in [9.17, 15) is 0 Å². The van der Waals surface area contributed by atoms with Crippen molar-refractivity contribution in [2.24, 2.45) is 10.9 Å². The second kappa shape index (κ2) is 2.12. The Hall–Kier alpha value is -0.590. The maximum Gasteiger partial charge on any atom is 0.0331 e. The van der Waals surface area contributed by atoms with Gasteiger partial charge in [0.1, 0.15) is 0 Å². The number of rotatable bonds is 0. The molecule has 1 nitrogen and oxygen atoms in total. The van der Waals surface area contributed by atoms with E-state index in [1.165, 1.54) is 0 Å². The van der Waals surface area contributed by atoms with Gasteiger partial charge in [-0.3, -0.25) is 4.99 Å². The number of nitrogens with zero attached hydrogens (tertiary/aromatic N) is 1. The van der Waals surface area contributed by atoms with Crippen molar-refractivity contribution in [3.63, 3.8) is 0 Å². The fourth-order valence-corrected chi connectivity index (χ4v) is 0.886. The van der Waals surface area contributed by atoms with Crippen molar-refractivity contribution >= 4 is 6.21 Å². The lowest BCUT2D eigenvalue weighted by atomic mass is 10.1. The van der Waals surface area contributed by atoms with Gasteiger partial charge in [0.25, 0.3) is 0 Å². The highest BCUT2D eigenvalue weighted by Gasteiger charge is 1.99. The molecule has 0 aromatic rings. The summed E-state index contributed by atoms with van der Waals surface area (Å²) in [6.45, 7) is 4.24. The van der Waals surface area contributed by atoms with Gasteiger partial charge in [-0.2, -0.15) is 0 Å². The number of hydrogen-bond donors (Lipinski definition) is 0. The van der Waals surface area contributed by atoms with Crippen molar-refractivity contribution in [2.75, 3.05) is 0 Å². The third kappa shape index (κ3) is 1.19. The molecule has 1 heterocycles. The fraction of sp³-hybridized carbons (Fsp3) is 0.571. The van der Waals surface area contributed by atoms with E-state index in [1.807, 2.05) is 13.1 Å². The van der Waals surface area contributed by atoms with Gasteiger partial charge in [0.05, 0.1) is 0 Å². The summed E-state index contributed by atoms with van der Waals surface area (Å²) < 4.78 is 0. The molecule has 0 aliphatic carbocycles. The molecule has 1 aliphatic rings. The topological polar surface area (TPSA) is 12.4 Å². The quantitative estimate of drug-likeness (QED) is 0.451. The Bertz CT molecular complexity index is 133. The Morgan fingerprint density at radius 2 is 2.50 bits per heavy atom. The van der Waals surface area contributed by atoms with Gasteiger partial charge >= 0.3 is 0 Å². The fourth-order valence-electron chi connectivity index (χ4n) is 0.886. The molecule has 1 rings (SSSR count). The van der Waals surface area contributed by atoms with Crippen molar-refractivity contribution < 1.29 is 0 Å². The highest BCUT2D eigenvalue weighted by atomic mass is 14.7. The maximum atomic E-state index is 4.12. The molecule has 0 spiro atoms. The predicted octanol–water partition coefficient (Wildman–Crippen LogP) is 2.00. The molecule has 1 unspecified atom stereocenters. The second-order valence-electron chi connectivity index (χ2n) is 2.33. The Balaban J connectivity index is 2.63. The Morgan fingerprint density at radius 1 is 1.75 bits per heavy atom. The predicted molar refractivity (Wildman–Crippen MR) is 36.0 cm³/mol. The highest BCUT2D eigenvalue weighted by molar-refractivity contribution is 5.61. The summed E-state index contributed by atoms with van der Waals surface area (Å²) in [6, 6.07) is 0. The molecule has 0 aromatic carbocycles. The van der Waals surface area contributed by atoms with E-state index in [2.05, 4.69) is 18.0 Å². The van der Waals surface area contributed by atoms with Crippen molar-refractivity contribution in [1.29, 1.82) is 0 Å². The van der Waals surface area contributed by atoms with E-state index in [0.29, 0.717) is 5.92 Å². The lowest BCUT2D eigenvalue weighted by Gasteiger charge is -2.06. The average molecular weight is 109 g/mol. The van der Waals surface area contributed by atoms with E-state index in [4.69, 9.17) is 0 Å². The lowest BCUT2D eigenvalue weighted by Crippen LogP contribution is -1.96. The van der Waals surface area contributed by atoms with Gasteiger partial charge in [-0.25, -0.2) is 0 Å². The van der Waals surface area contributed by atoms with E-state index >= 15 is 0 Å². The minimum atomic E-state index is 0.701. The van der Waals surface area contributed by atoms with Gasteiger partial charge in [-0.15, -0.1) is 0 Å². The maximum absolute atomic E-state index is 4.12. The van der Waals surface area contributed by atoms with Crippen LogP contribution >= 0.6 is 0 Å². The molecule has 0 N–H and O–H groups in total. The van der Waals surface area contributed by atoms with Crippen LogP contribution in [-0.4, -0.2) is 6.21 Å². The van der Waals surface area contributed by atoms with Crippen molar-refractivity contribution in [3.8, 4) is 0 Å². The van der Waals surface area contributed by atoms with Crippen LogP contribution in [0.4, 0.5) is 0 Å². The third-order valence-electron chi connectivity index (χ3n) is 1.30. The first-order valence-electron chi connectivity index (χ1n) is 3.00. The average Bonchev–Trinajstić information content (AvgIpc) is 1.64. The van der Waals surface area contributed by atoms with Crippen LogP contribution in [0.5, 0.6) is 0 Å². The summed E-state index contributed by atoms with van der Waals surface area (Å²) in [7, 11) is 0. The van der Waals surface area contributed by atoms with Crippen LogP contribution in [0.2, 0.25) is 0 Å². The zero-order valence-electron chi connectivity index (χ0n) is 5.39. The standard InChI is InChI=1S/C7H11N/c1-6-3-4-8-7(2)5-6/h4-6H,3H2,1-2H3. The first-order valence-corrected chi connectivity index (χ1v) is 3.00. The molecule has 0 aromatic heterocycles. The van der Waals surface area contributed by atoms with Crippen LogP contribution in [0.15, 0.2) is 16.8 Å². The van der Waals surface area contributed by atoms with Crippen LogP contribution in [0.25, 0.3) is 0 Å². The summed E-state index contributed by atoms with van der Waals surface area (Å²) in [5.41, 5.74) is 1.16. The summed E-state index contributed by atoms with van der Waals surface area (Å²) in [5, 5.41) is 0. The first-order chi connectivity index (χ1) is 3.79. The Kier molecular flexibility index (Phi) is 1.47. The summed E-state index contributed by atoms with van der Waals surface area (Å²) in [5.74, 6) is 0.701. The van der Waals surface area contributed by atoms with Crippen LogP contribution in [-0.2, 0) is 0 Å². The molecule has 0 radical (unpaired) electrons. The van der Waals surface area contributed by atoms with Gasteiger partial charge in [-0.05, 0) is 19.3 Å². The van der Waals surface area contributed by atoms with E-state index in [1.54, 1.807) is 0 Å². The zero-order valence-corrected chi connectivity index (χ0v) is 5.39. The Labute approximate surface area is 50.1 Å². The van der Waals surface area contributed by atoms with Gasteiger partial charge in [-0.1, -0.05) is 13.0 Å². The minimum absolute atomic E-state index is 0.701. The van der Waals surface area contributed by atoms with Gasteiger partial charge in [0.15, 0.2) is 0 Å². The molecule has 44 valence electrons. The number of aliphatic imine (C=N–C) groups is 1. The summed E-state index contributed by atoms with van der Waals surface area (Å²) in [4.78, 5) is 4.12. The summed E-state index contributed by atoms with van der Waals surface area (Å²) >= 11 is 0. The van der Waals surface area contributed by atoms with E-state index in [-0.39, 0.29) is 0 Å². The van der Waals surface area contributed by atoms with Gasteiger partial charge < -0.3 is 0 Å². The number of allylic oxidation sites excluding steroid dienone is 2. The normalized spacial score (nSPS) is 27.8. The third-order valence-corrected chi connectivity index (χ3v) is 1.30. The Morgan fingerprint density at radius 3 is 2.88 bits per heavy atom. The molecule has 1 heteroatoms. The van der Waals surface area contributed by atoms with Crippen LogP contribution in [0, 0.1) is 5.92 Å². The van der Waals surface area contributed by atoms with Crippen molar-refractivity contribution in [1.82, 2.24) is 0 Å². The van der Waals surface area contributed by atoms with Crippen LogP contribution < -0.4 is 0 Å². The van der Waals surface area contributed by atoms with E-state index < -0.39 is 0 Å². The highest BCUT2D eigenvalue weighted by Crippen LogP contribution is 2.11. The second-order valence-corrected chi connectivity index (χ2v) is 2.33. The SMILES string of the molecule is CC1=CC(C)CC=N1. The minimum Gasteiger partial charge on any atom is -0.266 e. The van der Waals surface area contributed by atoms with Crippen molar-refractivity contribution in [3.05, 3.63) is 11.8 Å². The molecule has 1 aliphatic heterocycles. The monoisotopic (exact) mass is 109 g/mol. The van der Waals surface area contributed by atoms with E-state index in [0.717, 1.165) is 12.1 Å². The molecular weight excluding hydrogens is 98.1 g/mol. The molecule has 0 saturated carbocycles. The lowest BCUT2D eigenvalue weighted by molar-refractivity contribution is 0.754. The van der Waals surface area contributed by atoms with Crippen LogP contribution in [0.3, 0.4) is 0 Å². The van der Waals surface area contributed by atoms with Gasteiger partial charge in [0, 0.05) is 11.9 Å². The van der Waals surface area contributed by atoms with Crippen LogP contribution in [0.1, 0.15) is 20.3 Å². The number of hydrogen-bond acceptors (Lipinski definition) is 1. The largest absolute Gasteiger partial charge is 0.266 e. The smallest absolute Gasteiger partial charge is 0.0331 e. The van der Waals surface area contributed by atoms with Crippen molar-refractivity contribution in [2.45, 2.75) is 20.3 Å². The van der Waals surface area contributed by atoms with Gasteiger partial charge in [0.2, 0.25) is 0 Å². The zero-order chi connectivity index (χ0) is 5.98. The molecule has 0 amide bonds. The first kappa shape index (κ1) is 5.54. The molecule has 1 atom stereocenters. The molecule has 8 heavy (non-hydrogen) atoms. The molecule has 0 fully saturated rings. The molecule has 0 saturated heterocycles. The summed E-state index contributed by atoms with van der Waals surface area (Å²) in [6.07, 6.45) is 5.29. The molecular formula is C7H11N. The molecule has 0 bridgehead atoms.